The summed E-state index contributed by atoms with van der Waals surface area (Å²) in [6.45, 7) is 1.43. The Morgan fingerprint density at radius 3 is 2.38 bits per heavy atom. The molecule has 13 heavy (non-hydrogen) atoms. The number of aliphatic carboxylic acids is 1. The van der Waals surface area contributed by atoms with Crippen molar-refractivity contribution in [2.45, 2.75) is 26.2 Å². The molecular formula is C9H14O4. The zero-order chi connectivity index (χ0) is 10.1. The van der Waals surface area contributed by atoms with Gasteiger partial charge in [0.1, 0.15) is 0 Å². The topological polar surface area (TPSA) is 63.6 Å². The second kappa shape index (κ2) is 3.36. The fourth-order valence-corrected chi connectivity index (χ4v) is 1.38. The number of hydrogen-bond donors (Lipinski definition) is 1. The fourth-order valence-electron chi connectivity index (χ4n) is 1.38. The van der Waals surface area contributed by atoms with E-state index in [9.17, 15) is 9.59 Å². The molecule has 0 spiro atoms. The van der Waals surface area contributed by atoms with Gasteiger partial charge in [0.05, 0.1) is 7.11 Å². The quantitative estimate of drug-likeness (QED) is 0.526. The van der Waals surface area contributed by atoms with Crippen molar-refractivity contribution in [2.24, 2.45) is 11.3 Å². The van der Waals surface area contributed by atoms with E-state index in [1.807, 2.05) is 0 Å². The molecule has 0 saturated heterocycles. The van der Waals surface area contributed by atoms with Gasteiger partial charge in [0, 0.05) is 0 Å². The molecule has 0 aromatic carbocycles. The van der Waals surface area contributed by atoms with E-state index in [-0.39, 0.29) is 0 Å². The maximum atomic E-state index is 11.2. The highest BCUT2D eigenvalue weighted by Gasteiger charge is 2.46. The van der Waals surface area contributed by atoms with Gasteiger partial charge >= 0.3 is 11.9 Å². The van der Waals surface area contributed by atoms with Crippen LogP contribution in [0.15, 0.2) is 0 Å². The lowest BCUT2D eigenvalue weighted by molar-refractivity contribution is -0.166. The van der Waals surface area contributed by atoms with Gasteiger partial charge in [-0.1, -0.05) is 12.8 Å². The lowest BCUT2D eigenvalue weighted by Gasteiger charge is -2.21. The monoisotopic (exact) mass is 186 g/mol. The molecule has 1 N–H and O–H groups in total. The summed E-state index contributed by atoms with van der Waals surface area (Å²) >= 11 is 0. The Bertz CT molecular complexity index is 232. The second-order valence-electron chi connectivity index (χ2n) is 3.78. The average molecular weight is 186 g/mol. The number of methoxy groups -OCH3 is 1. The summed E-state index contributed by atoms with van der Waals surface area (Å²) in [5.74, 6) is -1.35. The van der Waals surface area contributed by atoms with E-state index in [0.29, 0.717) is 12.3 Å². The number of carbonyl (C=O) groups excluding carboxylic acids is 1. The number of ether oxygens (including phenoxy) is 1. The molecule has 1 aliphatic carbocycles. The lowest BCUT2D eigenvalue weighted by atomic mass is 9.85. The normalized spacial score (nSPS) is 20.5. The zero-order valence-corrected chi connectivity index (χ0v) is 7.87. The third-order valence-electron chi connectivity index (χ3n) is 2.50. The van der Waals surface area contributed by atoms with Crippen LogP contribution in [0.5, 0.6) is 0 Å². The number of carboxylic acid groups (broad SMARTS) is 1. The SMILES string of the molecule is COC(=O)C(C)(CC1CC1)C(=O)O. The van der Waals surface area contributed by atoms with Crippen molar-refractivity contribution < 1.29 is 19.4 Å². The first kappa shape index (κ1) is 10.0. The fraction of sp³-hybridized carbons (Fsp3) is 0.778. The summed E-state index contributed by atoms with van der Waals surface area (Å²) in [7, 11) is 1.22. The maximum absolute atomic E-state index is 11.2. The van der Waals surface area contributed by atoms with Crippen molar-refractivity contribution in [3.63, 3.8) is 0 Å². The third-order valence-corrected chi connectivity index (χ3v) is 2.50. The number of rotatable bonds is 4. The largest absolute Gasteiger partial charge is 0.480 e. The van der Waals surface area contributed by atoms with Gasteiger partial charge in [0.25, 0.3) is 0 Å². The molecule has 0 heterocycles. The van der Waals surface area contributed by atoms with Crippen molar-refractivity contribution in [2.75, 3.05) is 7.11 Å². The molecule has 0 aromatic rings. The lowest BCUT2D eigenvalue weighted by Crippen LogP contribution is -2.37. The highest BCUT2D eigenvalue weighted by atomic mass is 16.5. The van der Waals surface area contributed by atoms with Crippen molar-refractivity contribution in [3.05, 3.63) is 0 Å². The van der Waals surface area contributed by atoms with Crippen LogP contribution in [-0.2, 0) is 14.3 Å². The summed E-state index contributed by atoms with van der Waals surface area (Å²) in [5, 5.41) is 8.91. The van der Waals surface area contributed by atoms with Crippen LogP contribution in [0.1, 0.15) is 26.2 Å². The molecule has 0 aliphatic heterocycles. The van der Waals surface area contributed by atoms with Gasteiger partial charge in [-0.15, -0.1) is 0 Å². The average Bonchev–Trinajstić information content (AvgIpc) is 2.86. The third kappa shape index (κ3) is 1.99. The smallest absolute Gasteiger partial charge is 0.322 e. The molecule has 0 radical (unpaired) electrons. The molecule has 4 heteroatoms. The Labute approximate surface area is 76.9 Å². The summed E-state index contributed by atoms with van der Waals surface area (Å²) in [4.78, 5) is 22.1. The standard InChI is InChI=1S/C9H14O4/c1-9(7(10)11,8(12)13-2)5-6-3-4-6/h6H,3-5H2,1-2H3,(H,10,11). The van der Waals surface area contributed by atoms with Crippen LogP contribution in [0.4, 0.5) is 0 Å². The maximum Gasteiger partial charge on any atom is 0.322 e. The Morgan fingerprint density at radius 2 is 2.08 bits per heavy atom. The Hall–Kier alpha value is -1.06. The molecule has 1 unspecified atom stereocenters. The van der Waals surface area contributed by atoms with Gasteiger partial charge in [-0.25, -0.2) is 0 Å². The Kier molecular flexibility index (Phi) is 2.59. The molecule has 74 valence electrons. The predicted octanol–water partition coefficient (Wildman–Crippen LogP) is 1.05. The number of carbonyl (C=O) groups is 2. The van der Waals surface area contributed by atoms with Crippen molar-refractivity contribution in [3.8, 4) is 0 Å². The van der Waals surface area contributed by atoms with E-state index in [1.54, 1.807) is 0 Å². The zero-order valence-electron chi connectivity index (χ0n) is 7.87. The van der Waals surface area contributed by atoms with Crippen LogP contribution in [0.3, 0.4) is 0 Å². The number of carboxylic acids is 1. The summed E-state index contributed by atoms with van der Waals surface area (Å²) in [5.41, 5.74) is -1.35. The first-order valence-electron chi connectivity index (χ1n) is 4.32. The van der Waals surface area contributed by atoms with Crippen LogP contribution in [-0.4, -0.2) is 24.2 Å². The van der Waals surface area contributed by atoms with Crippen LogP contribution in [0.25, 0.3) is 0 Å². The van der Waals surface area contributed by atoms with E-state index in [4.69, 9.17) is 5.11 Å². The van der Waals surface area contributed by atoms with E-state index in [0.717, 1.165) is 12.8 Å². The van der Waals surface area contributed by atoms with E-state index >= 15 is 0 Å². The molecule has 0 bridgehead atoms. The molecule has 1 rings (SSSR count). The molecule has 1 fully saturated rings. The van der Waals surface area contributed by atoms with Gasteiger partial charge in [0.2, 0.25) is 0 Å². The summed E-state index contributed by atoms with van der Waals surface area (Å²) < 4.78 is 4.49. The summed E-state index contributed by atoms with van der Waals surface area (Å²) in [6, 6.07) is 0. The van der Waals surface area contributed by atoms with E-state index < -0.39 is 17.4 Å². The Balaban J connectivity index is 2.71. The van der Waals surface area contributed by atoms with Gasteiger partial charge in [-0.3, -0.25) is 9.59 Å². The van der Waals surface area contributed by atoms with Gasteiger partial charge in [0.15, 0.2) is 5.41 Å². The van der Waals surface area contributed by atoms with Gasteiger partial charge in [-0.05, 0) is 19.3 Å². The molecule has 1 aliphatic rings. The van der Waals surface area contributed by atoms with Crippen LogP contribution in [0, 0.1) is 11.3 Å². The van der Waals surface area contributed by atoms with Crippen LogP contribution >= 0.6 is 0 Å². The first-order valence-corrected chi connectivity index (χ1v) is 4.32. The van der Waals surface area contributed by atoms with Crippen LogP contribution in [0.2, 0.25) is 0 Å². The van der Waals surface area contributed by atoms with Crippen molar-refractivity contribution >= 4 is 11.9 Å². The molecule has 4 nitrogen and oxygen atoms in total. The molecule has 0 aromatic heterocycles. The molecular weight excluding hydrogens is 172 g/mol. The summed E-state index contributed by atoms with van der Waals surface area (Å²) in [6.07, 6.45) is 2.45. The number of hydrogen-bond acceptors (Lipinski definition) is 3. The predicted molar refractivity (Wildman–Crippen MR) is 45.1 cm³/mol. The van der Waals surface area contributed by atoms with E-state index in [2.05, 4.69) is 4.74 Å². The minimum absolute atomic E-state index is 0.389. The Morgan fingerprint density at radius 1 is 1.54 bits per heavy atom. The highest BCUT2D eigenvalue weighted by molar-refractivity contribution is 5.98. The number of esters is 1. The molecule has 1 saturated carbocycles. The van der Waals surface area contributed by atoms with Gasteiger partial charge in [-0.2, -0.15) is 0 Å². The van der Waals surface area contributed by atoms with Crippen molar-refractivity contribution in [1.82, 2.24) is 0 Å². The van der Waals surface area contributed by atoms with Crippen molar-refractivity contribution in [1.29, 1.82) is 0 Å². The minimum Gasteiger partial charge on any atom is -0.480 e. The molecule has 1 atom stereocenters. The molecule has 0 amide bonds. The van der Waals surface area contributed by atoms with E-state index in [1.165, 1.54) is 14.0 Å². The first-order chi connectivity index (χ1) is 6.00. The second-order valence-corrected chi connectivity index (χ2v) is 3.78. The highest BCUT2D eigenvalue weighted by Crippen LogP contribution is 2.41. The minimum atomic E-state index is -1.35. The van der Waals surface area contributed by atoms with Crippen LogP contribution < -0.4 is 0 Å². The van der Waals surface area contributed by atoms with Gasteiger partial charge < -0.3 is 9.84 Å².